The zero-order chi connectivity index (χ0) is 20.1. The Kier molecular flexibility index (Phi) is 6.52. The number of likely N-dealkylation sites (tertiary alicyclic amines) is 1. The molecule has 0 aromatic heterocycles. The Hall–Kier alpha value is -2.60. The van der Waals surface area contributed by atoms with Gasteiger partial charge in [0, 0.05) is 11.6 Å². The minimum absolute atomic E-state index is 0.0504. The average molecular weight is 386 g/mol. The normalized spacial score (nSPS) is 17.9. The van der Waals surface area contributed by atoms with Crippen molar-refractivity contribution in [1.29, 1.82) is 0 Å². The third kappa shape index (κ3) is 4.62. The number of halogens is 1. The molecule has 0 bridgehead atoms. The number of benzene rings is 2. The molecule has 1 heterocycles. The lowest BCUT2D eigenvalue weighted by molar-refractivity contribution is -0.123. The fraction of sp³-hybridized carbons (Fsp3) is 0.409. The number of amides is 1. The maximum Gasteiger partial charge on any atom is 0.234 e. The molecule has 1 fully saturated rings. The van der Waals surface area contributed by atoms with Crippen molar-refractivity contribution in [3.8, 4) is 11.5 Å². The van der Waals surface area contributed by atoms with E-state index in [1.807, 2.05) is 25.1 Å². The molecule has 6 heteroatoms. The van der Waals surface area contributed by atoms with Gasteiger partial charge < -0.3 is 14.8 Å². The molecule has 0 saturated carbocycles. The molecule has 2 atom stereocenters. The summed E-state index contributed by atoms with van der Waals surface area (Å²) in [5.74, 6) is 1.25. The van der Waals surface area contributed by atoms with E-state index in [1.54, 1.807) is 26.4 Å². The summed E-state index contributed by atoms with van der Waals surface area (Å²) in [6, 6.07) is 11.9. The third-order valence-corrected chi connectivity index (χ3v) is 5.25. The molecule has 1 amide bonds. The predicted molar refractivity (Wildman–Crippen MR) is 106 cm³/mol. The second kappa shape index (κ2) is 9.06. The predicted octanol–water partition coefficient (Wildman–Crippen LogP) is 3.86. The molecule has 1 aliphatic rings. The van der Waals surface area contributed by atoms with Gasteiger partial charge in [-0.05, 0) is 62.2 Å². The highest BCUT2D eigenvalue weighted by Crippen LogP contribution is 2.38. The van der Waals surface area contributed by atoms with Gasteiger partial charge in [0.1, 0.15) is 17.3 Å². The minimum Gasteiger partial charge on any atom is -0.497 e. The first-order valence-corrected chi connectivity index (χ1v) is 9.52. The van der Waals surface area contributed by atoms with Gasteiger partial charge in [0.25, 0.3) is 0 Å². The number of nitrogens with one attached hydrogen (secondary N) is 1. The van der Waals surface area contributed by atoms with E-state index < -0.39 is 0 Å². The molecule has 2 aromatic carbocycles. The molecule has 3 rings (SSSR count). The van der Waals surface area contributed by atoms with E-state index in [4.69, 9.17) is 9.47 Å². The molecule has 1 saturated heterocycles. The molecule has 1 aliphatic heterocycles. The van der Waals surface area contributed by atoms with Crippen LogP contribution >= 0.6 is 0 Å². The van der Waals surface area contributed by atoms with Gasteiger partial charge in [-0.15, -0.1) is 0 Å². The van der Waals surface area contributed by atoms with Crippen molar-refractivity contribution >= 4 is 5.91 Å². The molecular weight excluding hydrogens is 359 g/mol. The number of carbonyl (C=O) groups is 1. The number of hydrogen-bond acceptors (Lipinski definition) is 4. The van der Waals surface area contributed by atoms with Crippen molar-refractivity contribution < 1.29 is 18.7 Å². The smallest absolute Gasteiger partial charge is 0.234 e. The standard InChI is InChI=1S/C22H27FN2O3/c1-15(16-6-8-17(23)9-7-16)24-22(26)14-25-12-4-5-20(25)19-13-18(27-2)10-11-21(19)28-3/h6-11,13,15,20H,4-5,12,14H2,1-3H3,(H,24,26)/t15-,20-/m0/s1. The van der Waals surface area contributed by atoms with Gasteiger partial charge >= 0.3 is 0 Å². The lowest BCUT2D eigenvalue weighted by atomic mass is 10.0. The Balaban J connectivity index is 1.68. The Bertz CT molecular complexity index is 810. The second-order valence-electron chi connectivity index (χ2n) is 7.08. The van der Waals surface area contributed by atoms with E-state index in [0.29, 0.717) is 6.54 Å². The Morgan fingerprint density at radius 1 is 1.21 bits per heavy atom. The van der Waals surface area contributed by atoms with Crippen molar-refractivity contribution in [2.75, 3.05) is 27.3 Å². The third-order valence-electron chi connectivity index (χ3n) is 5.25. The van der Waals surface area contributed by atoms with Crippen LogP contribution in [0.25, 0.3) is 0 Å². The van der Waals surface area contributed by atoms with E-state index in [-0.39, 0.29) is 23.8 Å². The van der Waals surface area contributed by atoms with Crippen LogP contribution in [0.1, 0.15) is 43.0 Å². The summed E-state index contributed by atoms with van der Waals surface area (Å²) in [4.78, 5) is 14.8. The summed E-state index contributed by atoms with van der Waals surface area (Å²) in [6.45, 7) is 3.05. The van der Waals surface area contributed by atoms with Crippen LogP contribution < -0.4 is 14.8 Å². The first-order valence-electron chi connectivity index (χ1n) is 9.52. The summed E-state index contributed by atoms with van der Waals surface area (Å²) >= 11 is 0. The summed E-state index contributed by atoms with van der Waals surface area (Å²) in [6.07, 6.45) is 1.98. The molecule has 28 heavy (non-hydrogen) atoms. The van der Waals surface area contributed by atoms with Gasteiger partial charge in [-0.2, -0.15) is 0 Å². The zero-order valence-corrected chi connectivity index (χ0v) is 16.6. The van der Waals surface area contributed by atoms with Crippen LogP contribution in [-0.2, 0) is 4.79 Å². The van der Waals surface area contributed by atoms with Gasteiger partial charge in [-0.3, -0.25) is 9.69 Å². The molecule has 0 aliphatic carbocycles. The largest absolute Gasteiger partial charge is 0.497 e. The SMILES string of the molecule is COc1ccc(OC)c([C@@H]2CCCN2CC(=O)N[C@@H](C)c2ccc(F)cc2)c1. The fourth-order valence-electron chi connectivity index (χ4n) is 3.77. The molecule has 150 valence electrons. The van der Waals surface area contributed by atoms with Crippen LogP contribution in [0, 0.1) is 5.82 Å². The highest BCUT2D eigenvalue weighted by Gasteiger charge is 2.30. The summed E-state index contributed by atoms with van der Waals surface area (Å²) in [5.41, 5.74) is 1.92. The average Bonchev–Trinajstić information content (AvgIpc) is 3.15. The molecular formula is C22H27FN2O3. The Labute approximate surface area is 165 Å². The van der Waals surface area contributed by atoms with E-state index in [0.717, 1.165) is 42.0 Å². The number of nitrogens with zero attached hydrogens (tertiary/aromatic N) is 1. The zero-order valence-electron chi connectivity index (χ0n) is 16.6. The molecule has 0 spiro atoms. The second-order valence-corrected chi connectivity index (χ2v) is 7.08. The van der Waals surface area contributed by atoms with E-state index in [1.165, 1.54) is 12.1 Å². The van der Waals surface area contributed by atoms with E-state index in [2.05, 4.69) is 10.2 Å². The molecule has 1 N–H and O–H groups in total. The van der Waals surface area contributed by atoms with Gasteiger partial charge in [0.2, 0.25) is 5.91 Å². The van der Waals surface area contributed by atoms with Crippen LogP contribution in [-0.4, -0.2) is 38.1 Å². The van der Waals surface area contributed by atoms with Crippen molar-refractivity contribution in [3.05, 3.63) is 59.4 Å². The van der Waals surface area contributed by atoms with Gasteiger partial charge in [0.05, 0.1) is 26.8 Å². The van der Waals surface area contributed by atoms with Crippen molar-refractivity contribution in [3.63, 3.8) is 0 Å². The van der Waals surface area contributed by atoms with Gasteiger partial charge in [-0.1, -0.05) is 12.1 Å². The van der Waals surface area contributed by atoms with Crippen LogP contribution in [0.5, 0.6) is 11.5 Å². The first kappa shape index (κ1) is 20.1. The highest BCUT2D eigenvalue weighted by molar-refractivity contribution is 5.78. The van der Waals surface area contributed by atoms with Crippen molar-refractivity contribution in [2.45, 2.75) is 31.8 Å². The van der Waals surface area contributed by atoms with Crippen LogP contribution in [0.15, 0.2) is 42.5 Å². The maximum absolute atomic E-state index is 13.1. The van der Waals surface area contributed by atoms with Crippen molar-refractivity contribution in [2.24, 2.45) is 0 Å². The maximum atomic E-state index is 13.1. The monoisotopic (exact) mass is 386 g/mol. The fourth-order valence-corrected chi connectivity index (χ4v) is 3.77. The highest BCUT2D eigenvalue weighted by atomic mass is 19.1. The van der Waals surface area contributed by atoms with Gasteiger partial charge in [0.15, 0.2) is 0 Å². The minimum atomic E-state index is -0.283. The van der Waals surface area contributed by atoms with Crippen LogP contribution in [0.4, 0.5) is 4.39 Å². The number of hydrogen-bond donors (Lipinski definition) is 1. The summed E-state index contributed by atoms with van der Waals surface area (Å²) < 4.78 is 24.0. The molecule has 2 aromatic rings. The molecule has 0 radical (unpaired) electrons. The Morgan fingerprint density at radius 3 is 2.64 bits per heavy atom. The van der Waals surface area contributed by atoms with E-state index >= 15 is 0 Å². The first-order chi connectivity index (χ1) is 13.5. The van der Waals surface area contributed by atoms with Crippen molar-refractivity contribution in [1.82, 2.24) is 10.2 Å². The topological polar surface area (TPSA) is 50.8 Å². The number of carbonyl (C=O) groups excluding carboxylic acids is 1. The van der Waals surface area contributed by atoms with Crippen LogP contribution in [0.2, 0.25) is 0 Å². The number of rotatable bonds is 7. The number of methoxy groups -OCH3 is 2. The Morgan fingerprint density at radius 2 is 1.96 bits per heavy atom. The van der Waals surface area contributed by atoms with E-state index in [9.17, 15) is 9.18 Å². The molecule has 0 unspecified atom stereocenters. The lowest BCUT2D eigenvalue weighted by Crippen LogP contribution is -2.38. The van der Waals surface area contributed by atoms with Gasteiger partial charge in [-0.25, -0.2) is 4.39 Å². The summed E-state index contributed by atoms with van der Waals surface area (Å²) in [7, 11) is 3.30. The van der Waals surface area contributed by atoms with Crippen LogP contribution in [0.3, 0.4) is 0 Å². The summed E-state index contributed by atoms with van der Waals surface area (Å²) in [5, 5.41) is 3.01. The quantitative estimate of drug-likeness (QED) is 0.785. The molecule has 5 nitrogen and oxygen atoms in total. The lowest BCUT2D eigenvalue weighted by Gasteiger charge is -2.26. The number of ether oxygens (including phenoxy) is 2.